The monoisotopic (exact) mass is 445 g/mol. The molecule has 0 amide bonds. The number of benzene rings is 1. The zero-order chi connectivity index (χ0) is 21.6. The van der Waals surface area contributed by atoms with Crippen LogP contribution in [0.1, 0.15) is 23.7 Å². The molecule has 1 aliphatic heterocycles. The molecule has 29 heavy (non-hydrogen) atoms. The molecule has 2 N–H and O–H groups in total. The highest BCUT2D eigenvalue weighted by Gasteiger charge is 2.42. The first kappa shape index (κ1) is 21.1. The van der Waals surface area contributed by atoms with Gasteiger partial charge >= 0.3 is 0 Å². The number of halogens is 4. The molecule has 1 aromatic carbocycles. The van der Waals surface area contributed by atoms with Crippen molar-refractivity contribution in [1.82, 2.24) is 14.3 Å². The normalized spacial score (nSPS) is 21.8. The maximum absolute atomic E-state index is 14.5. The first-order chi connectivity index (χ1) is 13.4. The number of hydrogen-bond donors (Lipinski definition) is 1. The summed E-state index contributed by atoms with van der Waals surface area (Å²) in [5.41, 5.74) is 3.32. The Hall–Kier alpha value is -2.66. The highest BCUT2D eigenvalue weighted by Crippen LogP contribution is 2.35. The van der Waals surface area contributed by atoms with Crippen LogP contribution < -0.4 is 5.73 Å². The van der Waals surface area contributed by atoms with Gasteiger partial charge in [-0.2, -0.15) is 0 Å². The molecule has 3 rings (SSSR count). The van der Waals surface area contributed by atoms with Crippen molar-refractivity contribution in [1.29, 1.82) is 0 Å². The number of aliphatic imine (C=N–C) groups is 1. The minimum Gasteiger partial charge on any atom is -0.369 e. The molecule has 1 aromatic heterocycles. The van der Waals surface area contributed by atoms with Crippen molar-refractivity contribution in [2.75, 3.05) is 12.8 Å². The SMILES string of the molecule is CN1C(N)=N[C@](C)(c2cc(/C=C(\F)c3cnc(Cl)cn3)cc(F)c2F)CS1(=O)=O. The topological polar surface area (TPSA) is 102 Å². The highest BCUT2D eigenvalue weighted by atomic mass is 35.5. The Labute approximate surface area is 169 Å². The fourth-order valence-corrected chi connectivity index (χ4v) is 4.38. The van der Waals surface area contributed by atoms with Crippen molar-refractivity contribution in [2.45, 2.75) is 12.5 Å². The van der Waals surface area contributed by atoms with E-state index in [1.165, 1.54) is 14.0 Å². The largest absolute Gasteiger partial charge is 0.369 e. The van der Waals surface area contributed by atoms with E-state index >= 15 is 0 Å². The number of rotatable bonds is 3. The Morgan fingerprint density at radius 1 is 1.31 bits per heavy atom. The van der Waals surface area contributed by atoms with E-state index in [0.717, 1.165) is 34.9 Å². The maximum Gasteiger partial charge on any atom is 0.239 e. The molecule has 0 aliphatic carbocycles. The van der Waals surface area contributed by atoms with Crippen LogP contribution >= 0.6 is 11.6 Å². The third kappa shape index (κ3) is 4.06. The summed E-state index contributed by atoms with van der Waals surface area (Å²) >= 11 is 5.60. The van der Waals surface area contributed by atoms with Gasteiger partial charge in [0.2, 0.25) is 16.0 Å². The molecular formula is C17H15ClF3N5O2S. The van der Waals surface area contributed by atoms with Crippen LogP contribution in [0.2, 0.25) is 5.15 Å². The average Bonchev–Trinajstić information content (AvgIpc) is 2.62. The van der Waals surface area contributed by atoms with E-state index in [-0.39, 0.29) is 27.9 Å². The molecule has 7 nitrogen and oxygen atoms in total. The second-order valence-electron chi connectivity index (χ2n) is 6.55. The Kier molecular flexibility index (Phi) is 5.30. The summed E-state index contributed by atoms with van der Waals surface area (Å²) in [6, 6.07) is 1.88. The Morgan fingerprint density at radius 3 is 2.59 bits per heavy atom. The number of sulfonamides is 1. The minimum absolute atomic E-state index is 0.0588. The van der Waals surface area contributed by atoms with Crippen LogP contribution in [0.5, 0.6) is 0 Å². The van der Waals surface area contributed by atoms with E-state index < -0.39 is 38.8 Å². The van der Waals surface area contributed by atoms with Crippen LogP contribution in [-0.2, 0) is 15.6 Å². The van der Waals surface area contributed by atoms with Gasteiger partial charge in [0, 0.05) is 12.6 Å². The van der Waals surface area contributed by atoms with Gasteiger partial charge in [-0.1, -0.05) is 11.6 Å². The molecule has 2 heterocycles. The molecular weight excluding hydrogens is 431 g/mol. The molecule has 2 aromatic rings. The lowest BCUT2D eigenvalue weighted by atomic mass is 9.92. The lowest BCUT2D eigenvalue weighted by molar-refractivity contribution is 0.435. The van der Waals surface area contributed by atoms with Crippen LogP contribution in [-0.4, -0.2) is 41.5 Å². The zero-order valence-corrected chi connectivity index (χ0v) is 16.8. The number of hydrogen-bond acceptors (Lipinski definition) is 6. The summed E-state index contributed by atoms with van der Waals surface area (Å²) in [5, 5.41) is 0.0588. The second-order valence-corrected chi connectivity index (χ2v) is 8.94. The van der Waals surface area contributed by atoms with Crippen LogP contribution in [0.25, 0.3) is 11.9 Å². The van der Waals surface area contributed by atoms with E-state index in [9.17, 15) is 21.6 Å². The molecule has 1 atom stereocenters. The van der Waals surface area contributed by atoms with Gasteiger partial charge in [0.15, 0.2) is 17.5 Å². The van der Waals surface area contributed by atoms with Crippen molar-refractivity contribution in [3.05, 3.63) is 58.1 Å². The zero-order valence-electron chi connectivity index (χ0n) is 15.2. The molecule has 0 unspecified atom stereocenters. The van der Waals surface area contributed by atoms with E-state index in [0.29, 0.717) is 0 Å². The van der Waals surface area contributed by atoms with E-state index in [4.69, 9.17) is 17.3 Å². The van der Waals surface area contributed by atoms with Crippen LogP contribution in [0.15, 0.2) is 29.5 Å². The predicted octanol–water partition coefficient (Wildman–Crippen LogP) is 2.68. The lowest BCUT2D eigenvalue weighted by Crippen LogP contribution is -2.50. The van der Waals surface area contributed by atoms with E-state index in [2.05, 4.69) is 15.0 Å². The maximum atomic E-state index is 14.5. The number of aromatic nitrogens is 2. The van der Waals surface area contributed by atoms with Crippen molar-refractivity contribution in [3.63, 3.8) is 0 Å². The van der Waals surface area contributed by atoms with Gasteiger partial charge in [0.1, 0.15) is 16.4 Å². The Morgan fingerprint density at radius 2 is 2.00 bits per heavy atom. The van der Waals surface area contributed by atoms with Crippen molar-refractivity contribution in [2.24, 2.45) is 10.7 Å². The molecule has 0 saturated heterocycles. The summed E-state index contributed by atoms with van der Waals surface area (Å²) < 4.78 is 68.6. The highest BCUT2D eigenvalue weighted by molar-refractivity contribution is 7.89. The molecule has 154 valence electrons. The van der Waals surface area contributed by atoms with Gasteiger partial charge in [-0.15, -0.1) is 0 Å². The van der Waals surface area contributed by atoms with Gasteiger partial charge in [0.25, 0.3) is 0 Å². The third-order valence-corrected chi connectivity index (χ3v) is 6.50. The van der Waals surface area contributed by atoms with Gasteiger partial charge in [-0.05, 0) is 30.7 Å². The molecule has 0 spiro atoms. The summed E-state index contributed by atoms with van der Waals surface area (Å²) in [7, 11) is -2.71. The quantitative estimate of drug-likeness (QED) is 0.782. The molecule has 12 heteroatoms. The number of nitrogens with two attached hydrogens (primary N) is 1. The summed E-state index contributed by atoms with van der Waals surface area (Å²) in [6.45, 7) is 1.30. The molecule has 0 fully saturated rings. The molecule has 0 saturated carbocycles. The smallest absolute Gasteiger partial charge is 0.239 e. The van der Waals surface area contributed by atoms with Gasteiger partial charge in [-0.3, -0.25) is 0 Å². The molecule has 0 radical (unpaired) electrons. The fourth-order valence-electron chi connectivity index (χ4n) is 2.83. The van der Waals surface area contributed by atoms with Crippen LogP contribution in [0, 0.1) is 11.6 Å². The first-order valence-electron chi connectivity index (χ1n) is 8.09. The van der Waals surface area contributed by atoms with E-state index in [1.807, 2.05) is 0 Å². The van der Waals surface area contributed by atoms with Crippen molar-refractivity contribution >= 4 is 39.5 Å². The van der Waals surface area contributed by atoms with Crippen molar-refractivity contribution < 1.29 is 21.6 Å². The Bertz CT molecular complexity index is 1140. The van der Waals surface area contributed by atoms with Gasteiger partial charge in [-0.25, -0.2) is 40.9 Å². The molecule has 1 aliphatic rings. The third-order valence-electron chi connectivity index (χ3n) is 4.35. The summed E-state index contributed by atoms with van der Waals surface area (Å²) in [6.07, 6.45) is 3.11. The second kappa shape index (κ2) is 7.30. The molecule has 0 bridgehead atoms. The van der Waals surface area contributed by atoms with Gasteiger partial charge in [0.05, 0.1) is 18.1 Å². The average molecular weight is 446 g/mol. The van der Waals surface area contributed by atoms with Gasteiger partial charge < -0.3 is 5.73 Å². The Balaban J connectivity index is 2.11. The standard InChI is InChI=1S/C17H15ClF3N5O2S/c1-17(8-29(27,28)26(2)16(22)25-17)10-3-9(5-12(20)15(10)21)4-11(19)13-6-24-14(18)7-23-13/h3-7H,8H2,1-2H3,(H2,22,25)/b11-4-/t17-/m0/s1. The first-order valence-corrected chi connectivity index (χ1v) is 10.1. The van der Waals surface area contributed by atoms with Crippen molar-refractivity contribution in [3.8, 4) is 0 Å². The summed E-state index contributed by atoms with van der Waals surface area (Å²) in [4.78, 5) is 11.5. The minimum atomic E-state index is -3.91. The number of nitrogens with zero attached hydrogens (tertiary/aromatic N) is 4. The van der Waals surface area contributed by atoms with Crippen LogP contribution in [0.3, 0.4) is 0 Å². The fraction of sp³-hybridized carbons (Fsp3) is 0.235. The van der Waals surface area contributed by atoms with E-state index in [1.54, 1.807) is 0 Å². The van der Waals surface area contributed by atoms with Crippen LogP contribution in [0.4, 0.5) is 13.2 Å². The number of guanidine groups is 1. The predicted molar refractivity (Wildman–Crippen MR) is 103 cm³/mol. The summed E-state index contributed by atoms with van der Waals surface area (Å²) in [5.74, 6) is -4.49. The lowest BCUT2D eigenvalue weighted by Gasteiger charge is -2.34.